The van der Waals surface area contributed by atoms with Crippen LogP contribution in [0.25, 0.3) is 6.08 Å². The van der Waals surface area contributed by atoms with Crippen molar-refractivity contribution in [2.24, 2.45) is 0 Å². The van der Waals surface area contributed by atoms with Gasteiger partial charge in [0.1, 0.15) is 0 Å². The van der Waals surface area contributed by atoms with Crippen molar-refractivity contribution < 1.29 is 9.72 Å². The lowest BCUT2D eigenvalue weighted by Gasteiger charge is -1.99. The predicted molar refractivity (Wildman–Crippen MR) is 69.7 cm³/mol. The zero-order valence-corrected chi connectivity index (χ0v) is 10.1. The Kier molecular flexibility index (Phi) is 4.71. The molecule has 1 aromatic rings. The number of thioether (sulfide) groups is 1. The van der Waals surface area contributed by atoms with Crippen molar-refractivity contribution in [3.05, 3.63) is 40.0 Å². The van der Waals surface area contributed by atoms with Gasteiger partial charge in [0, 0.05) is 24.4 Å². The number of rotatable bonds is 4. The first kappa shape index (κ1) is 13.2. The van der Waals surface area contributed by atoms with E-state index in [4.69, 9.17) is 5.73 Å². The molecule has 0 saturated carbocycles. The molecule has 0 aliphatic carbocycles. The molecule has 0 aliphatic rings. The van der Waals surface area contributed by atoms with Gasteiger partial charge in [-0.15, -0.1) is 0 Å². The van der Waals surface area contributed by atoms with Gasteiger partial charge in [-0.3, -0.25) is 14.9 Å². The molecule has 0 aliphatic heterocycles. The van der Waals surface area contributed by atoms with Crippen LogP contribution in [0.15, 0.2) is 24.3 Å². The Morgan fingerprint density at radius 3 is 2.88 bits per heavy atom. The van der Waals surface area contributed by atoms with Crippen LogP contribution in [0.1, 0.15) is 12.5 Å². The van der Waals surface area contributed by atoms with Crippen LogP contribution in [-0.4, -0.2) is 15.8 Å². The summed E-state index contributed by atoms with van der Waals surface area (Å²) >= 11 is 1.15. The number of hydrogen-bond donors (Lipinski definition) is 1. The second kappa shape index (κ2) is 6.05. The third kappa shape index (κ3) is 4.28. The Morgan fingerprint density at radius 2 is 2.29 bits per heavy atom. The van der Waals surface area contributed by atoms with Gasteiger partial charge < -0.3 is 5.73 Å². The van der Waals surface area contributed by atoms with Crippen LogP contribution >= 0.6 is 11.8 Å². The molecule has 0 amide bonds. The molecule has 1 rings (SSSR count). The Morgan fingerprint density at radius 1 is 1.59 bits per heavy atom. The summed E-state index contributed by atoms with van der Waals surface area (Å²) in [6.07, 6.45) is 3.33. The maximum atomic E-state index is 10.8. The van der Waals surface area contributed by atoms with Crippen LogP contribution in [0.2, 0.25) is 0 Å². The molecule has 0 atom stereocenters. The lowest BCUT2D eigenvalue weighted by atomic mass is 10.1. The minimum atomic E-state index is -0.478. The molecule has 0 radical (unpaired) electrons. The fourth-order valence-corrected chi connectivity index (χ4v) is 1.63. The third-order valence-electron chi connectivity index (χ3n) is 1.93. The standard InChI is InChI=1S/C11H12N2O3S/c1-8(14)17-6-2-3-9-4-5-10(12)7-11(9)13(15)16/h2-5,7H,6,12H2,1H3. The van der Waals surface area contributed by atoms with Crippen LogP contribution in [0, 0.1) is 10.1 Å². The fraction of sp³-hybridized carbons (Fsp3) is 0.182. The smallest absolute Gasteiger partial charge is 0.278 e. The molecule has 1 aromatic carbocycles. The van der Waals surface area contributed by atoms with Gasteiger partial charge in [-0.05, 0) is 12.1 Å². The zero-order valence-electron chi connectivity index (χ0n) is 9.25. The highest BCUT2D eigenvalue weighted by Crippen LogP contribution is 2.22. The summed E-state index contributed by atoms with van der Waals surface area (Å²) in [6, 6.07) is 4.50. The average molecular weight is 252 g/mol. The normalized spacial score (nSPS) is 10.6. The van der Waals surface area contributed by atoms with Crippen LogP contribution in [0.5, 0.6) is 0 Å². The van der Waals surface area contributed by atoms with Crippen molar-refractivity contribution >= 4 is 34.3 Å². The second-order valence-corrected chi connectivity index (χ2v) is 4.48. The maximum absolute atomic E-state index is 10.8. The zero-order chi connectivity index (χ0) is 12.8. The second-order valence-electron chi connectivity index (χ2n) is 3.28. The number of carbonyl (C=O) groups is 1. The van der Waals surface area contributed by atoms with E-state index >= 15 is 0 Å². The number of nitrogens with zero attached hydrogens (tertiary/aromatic N) is 1. The van der Waals surface area contributed by atoms with Gasteiger partial charge in [-0.25, -0.2) is 0 Å². The predicted octanol–water partition coefficient (Wildman–Crippen LogP) is 2.47. The number of nitrogen functional groups attached to an aromatic ring is 1. The van der Waals surface area contributed by atoms with Gasteiger partial charge in [-0.2, -0.15) is 0 Å². The topological polar surface area (TPSA) is 86.2 Å². The minimum Gasteiger partial charge on any atom is -0.399 e. The van der Waals surface area contributed by atoms with E-state index in [0.29, 0.717) is 17.0 Å². The molecule has 0 aromatic heterocycles. The van der Waals surface area contributed by atoms with E-state index in [1.54, 1.807) is 24.3 Å². The van der Waals surface area contributed by atoms with Crippen molar-refractivity contribution in [2.45, 2.75) is 6.92 Å². The third-order valence-corrected chi connectivity index (χ3v) is 2.70. The average Bonchev–Trinajstić information content (AvgIpc) is 2.25. The van der Waals surface area contributed by atoms with Crippen molar-refractivity contribution in [1.29, 1.82) is 0 Å². The molecule has 0 spiro atoms. The van der Waals surface area contributed by atoms with Crippen LogP contribution < -0.4 is 5.73 Å². The molecule has 6 heteroatoms. The summed E-state index contributed by atoms with van der Waals surface area (Å²) in [4.78, 5) is 21.0. The number of carbonyl (C=O) groups excluding carboxylic acids is 1. The molecular formula is C11H12N2O3S. The number of anilines is 1. The summed E-state index contributed by atoms with van der Waals surface area (Å²) in [7, 11) is 0. The molecule has 0 unspecified atom stereocenters. The van der Waals surface area contributed by atoms with Gasteiger partial charge in [0.2, 0.25) is 0 Å². The van der Waals surface area contributed by atoms with Crippen molar-refractivity contribution in [1.82, 2.24) is 0 Å². The lowest BCUT2D eigenvalue weighted by Crippen LogP contribution is -1.94. The maximum Gasteiger partial charge on any atom is 0.278 e. The lowest BCUT2D eigenvalue weighted by molar-refractivity contribution is -0.385. The molecule has 0 heterocycles. The van der Waals surface area contributed by atoms with Gasteiger partial charge in [0.05, 0.1) is 10.5 Å². The number of hydrogen-bond acceptors (Lipinski definition) is 5. The SMILES string of the molecule is CC(=O)SCC=Cc1ccc(N)cc1[N+](=O)[O-]. The van der Waals surface area contributed by atoms with Gasteiger partial charge >= 0.3 is 0 Å². The van der Waals surface area contributed by atoms with E-state index in [2.05, 4.69) is 0 Å². The number of benzene rings is 1. The number of nitro benzene ring substituents is 1. The summed E-state index contributed by atoms with van der Waals surface area (Å²) in [6.45, 7) is 1.48. The summed E-state index contributed by atoms with van der Waals surface area (Å²) in [5.41, 5.74) is 6.28. The van der Waals surface area contributed by atoms with Gasteiger partial charge in [0.25, 0.3) is 5.69 Å². The summed E-state index contributed by atoms with van der Waals surface area (Å²) < 4.78 is 0. The van der Waals surface area contributed by atoms with Crippen molar-refractivity contribution in [2.75, 3.05) is 11.5 Å². The molecular weight excluding hydrogens is 240 g/mol. The number of nitro groups is 1. The van der Waals surface area contributed by atoms with Gasteiger partial charge in [0.15, 0.2) is 5.12 Å². The highest BCUT2D eigenvalue weighted by molar-refractivity contribution is 8.13. The molecule has 17 heavy (non-hydrogen) atoms. The number of nitrogens with two attached hydrogens (primary N) is 1. The molecule has 5 nitrogen and oxygen atoms in total. The van der Waals surface area contributed by atoms with Crippen LogP contribution in [0.4, 0.5) is 11.4 Å². The Balaban J connectivity index is 2.83. The fourth-order valence-electron chi connectivity index (χ4n) is 1.20. The minimum absolute atomic E-state index is 0.0152. The van der Waals surface area contributed by atoms with Crippen LogP contribution in [-0.2, 0) is 4.79 Å². The van der Waals surface area contributed by atoms with E-state index in [1.165, 1.54) is 13.0 Å². The Hall–Kier alpha value is -1.82. The Bertz CT molecular complexity index is 472. The Labute approximate surface area is 103 Å². The van der Waals surface area contributed by atoms with Crippen molar-refractivity contribution in [3.63, 3.8) is 0 Å². The monoisotopic (exact) mass is 252 g/mol. The van der Waals surface area contributed by atoms with E-state index in [-0.39, 0.29) is 10.8 Å². The molecule has 0 fully saturated rings. The largest absolute Gasteiger partial charge is 0.399 e. The quantitative estimate of drug-likeness (QED) is 0.505. The molecule has 90 valence electrons. The molecule has 0 bridgehead atoms. The van der Waals surface area contributed by atoms with Crippen LogP contribution in [0.3, 0.4) is 0 Å². The molecule has 0 saturated heterocycles. The van der Waals surface area contributed by atoms with E-state index < -0.39 is 4.92 Å². The summed E-state index contributed by atoms with van der Waals surface area (Å²) in [5, 5.41) is 10.8. The van der Waals surface area contributed by atoms with E-state index in [9.17, 15) is 14.9 Å². The first-order chi connectivity index (χ1) is 8.00. The first-order valence-corrected chi connectivity index (χ1v) is 5.83. The van der Waals surface area contributed by atoms with E-state index in [1.807, 2.05) is 0 Å². The highest BCUT2D eigenvalue weighted by atomic mass is 32.2. The van der Waals surface area contributed by atoms with Gasteiger partial charge in [-0.1, -0.05) is 23.9 Å². The first-order valence-electron chi connectivity index (χ1n) is 4.84. The molecule has 2 N–H and O–H groups in total. The summed E-state index contributed by atoms with van der Waals surface area (Å²) in [5.74, 6) is 0.497. The van der Waals surface area contributed by atoms with Crippen molar-refractivity contribution in [3.8, 4) is 0 Å². The van der Waals surface area contributed by atoms with E-state index in [0.717, 1.165) is 11.8 Å². The highest BCUT2D eigenvalue weighted by Gasteiger charge is 2.11.